The predicted molar refractivity (Wildman–Crippen MR) is 100.0 cm³/mol. The van der Waals surface area contributed by atoms with Crippen LogP contribution in [0.3, 0.4) is 0 Å². The van der Waals surface area contributed by atoms with Gasteiger partial charge in [0, 0.05) is 29.7 Å². The van der Waals surface area contributed by atoms with Gasteiger partial charge in [-0.2, -0.15) is 5.26 Å². The third kappa shape index (κ3) is 2.84. The summed E-state index contributed by atoms with van der Waals surface area (Å²) in [5, 5.41) is 13.4. The van der Waals surface area contributed by atoms with Crippen LogP contribution in [0, 0.1) is 30.1 Å². The smallest absolute Gasteiger partial charge is 0.230 e. The molecular weight excluding hydrogens is 326 g/mol. The Hall–Kier alpha value is -3.46. The highest BCUT2D eigenvalue weighted by Crippen LogP contribution is 2.38. The van der Waals surface area contributed by atoms with Crippen molar-refractivity contribution in [2.75, 3.05) is 11.1 Å². The summed E-state index contributed by atoms with van der Waals surface area (Å²) in [4.78, 5) is 20.6. The van der Waals surface area contributed by atoms with Crippen molar-refractivity contribution < 1.29 is 4.79 Å². The summed E-state index contributed by atoms with van der Waals surface area (Å²) in [5.74, 6) is -0.0904. The van der Waals surface area contributed by atoms with E-state index < -0.39 is 0 Å². The molecule has 2 aromatic heterocycles. The molecule has 3 N–H and O–H groups in total. The molecule has 128 valence electrons. The van der Waals surface area contributed by atoms with E-state index in [1.54, 1.807) is 12.4 Å². The number of aryl methyl sites for hydroxylation is 1. The van der Waals surface area contributed by atoms with Crippen LogP contribution in [-0.4, -0.2) is 15.9 Å². The number of nitrogens with one attached hydrogen (secondary N) is 1. The minimum absolute atomic E-state index is 0.155. The SMILES string of the molecule is Cc1cnccc1-c1cc(N)c2cnc(NC(=O)[C@H]3C[C@@H]3C#N)cc2c1. The van der Waals surface area contributed by atoms with Crippen molar-refractivity contribution >= 4 is 28.2 Å². The van der Waals surface area contributed by atoms with E-state index in [-0.39, 0.29) is 17.7 Å². The van der Waals surface area contributed by atoms with Gasteiger partial charge in [-0.3, -0.25) is 9.78 Å². The first-order chi connectivity index (χ1) is 12.6. The lowest BCUT2D eigenvalue weighted by molar-refractivity contribution is -0.117. The van der Waals surface area contributed by atoms with Crippen LogP contribution in [-0.2, 0) is 4.79 Å². The molecule has 6 nitrogen and oxygen atoms in total. The summed E-state index contributed by atoms with van der Waals surface area (Å²) in [7, 11) is 0. The Morgan fingerprint density at radius 3 is 2.92 bits per heavy atom. The third-order valence-corrected chi connectivity index (χ3v) is 4.74. The summed E-state index contributed by atoms with van der Waals surface area (Å²) in [6, 6.07) is 9.84. The van der Waals surface area contributed by atoms with E-state index in [0.29, 0.717) is 17.9 Å². The maximum atomic E-state index is 12.1. The highest BCUT2D eigenvalue weighted by Gasteiger charge is 2.43. The van der Waals surface area contributed by atoms with Crippen molar-refractivity contribution in [3.05, 3.63) is 48.4 Å². The van der Waals surface area contributed by atoms with E-state index in [4.69, 9.17) is 11.0 Å². The van der Waals surface area contributed by atoms with Gasteiger partial charge in [-0.1, -0.05) is 0 Å². The molecule has 1 fully saturated rings. The van der Waals surface area contributed by atoms with Crippen molar-refractivity contribution in [2.45, 2.75) is 13.3 Å². The Morgan fingerprint density at radius 2 is 2.19 bits per heavy atom. The molecule has 1 aliphatic rings. The summed E-state index contributed by atoms with van der Waals surface area (Å²) in [5.41, 5.74) is 9.95. The molecule has 1 saturated carbocycles. The molecule has 3 aromatic rings. The molecule has 0 bridgehead atoms. The van der Waals surface area contributed by atoms with E-state index in [1.165, 1.54) is 0 Å². The second kappa shape index (κ2) is 6.12. The molecule has 0 saturated heterocycles. The highest BCUT2D eigenvalue weighted by atomic mass is 16.2. The van der Waals surface area contributed by atoms with Gasteiger partial charge in [-0.05, 0) is 59.7 Å². The number of hydrogen-bond acceptors (Lipinski definition) is 5. The third-order valence-electron chi connectivity index (χ3n) is 4.74. The number of nitriles is 1. The molecular formula is C20H17N5O. The topological polar surface area (TPSA) is 105 Å². The van der Waals surface area contributed by atoms with Crippen molar-refractivity contribution in [1.82, 2.24) is 9.97 Å². The molecule has 6 heteroatoms. The monoisotopic (exact) mass is 343 g/mol. The zero-order valence-electron chi connectivity index (χ0n) is 14.2. The second-order valence-electron chi connectivity index (χ2n) is 6.61. The standard InChI is InChI=1S/C20H17N5O/c1-11-9-23-3-2-15(11)12-4-13-7-19(24-10-17(13)18(22)6-12)25-20(26)16-5-14(16)8-21/h2-4,6-7,9-10,14,16H,5,22H2,1H3,(H,24,25,26)/t14-,16+/m1/s1. The Morgan fingerprint density at radius 1 is 1.35 bits per heavy atom. The zero-order valence-corrected chi connectivity index (χ0v) is 14.2. The van der Waals surface area contributed by atoms with Gasteiger partial charge in [0.1, 0.15) is 5.82 Å². The summed E-state index contributed by atoms with van der Waals surface area (Å²) in [6.45, 7) is 2.00. The quantitative estimate of drug-likeness (QED) is 0.710. The number of amides is 1. The van der Waals surface area contributed by atoms with Gasteiger partial charge in [0.15, 0.2) is 0 Å². The number of anilines is 2. The molecule has 4 rings (SSSR count). The van der Waals surface area contributed by atoms with Crippen LogP contribution in [0.5, 0.6) is 0 Å². The first kappa shape index (κ1) is 16.0. The van der Waals surface area contributed by atoms with Crippen LogP contribution in [0.2, 0.25) is 0 Å². The lowest BCUT2D eigenvalue weighted by atomic mass is 9.99. The molecule has 2 heterocycles. The number of rotatable bonds is 3. The van der Waals surface area contributed by atoms with Crippen molar-refractivity contribution in [1.29, 1.82) is 5.26 Å². The number of benzene rings is 1. The fourth-order valence-corrected chi connectivity index (χ4v) is 3.15. The van der Waals surface area contributed by atoms with E-state index in [1.807, 2.05) is 37.4 Å². The highest BCUT2D eigenvalue weighted by molar-refractivity contribution is 6.00. The van der Waals surface area contributed by atoms with E-state index in [2.05, 4.69) is 21.4 Å². The van der Waals surface area contributed by atoms with Crippen molar-refractivity contribution in [3.63, 3.8) is 0 Å². The number of nitrogens with two attached hydrogens (primary N) is 1. The van der Waals surface area contributed by atoms with Gasteiger partial charge in [-0.25, -0.2) is 4.98 Å². The number of nitrogen functional groups attached to an aromatic ring is 1. The molecule has 2 atom stereocenters. The maximum absolute atomic E-state index is 12.1. The number of nitrogens with zero attached hydrogens (tertiary/aromatic N) is 3. The van der Waals surface area contributed by atoms with Crippen LogP contribution in [0.4, 0.5) is 11.5 Å². The van der Waals surface area contributed by atoms with Crippen LogP contribution in [0.25, 0.3) is 21.9 Å². The van der Waals surface area contributed by atoms with Gasteiger partial charge >= 0.3 is 0 Å². The van der Waals surface area contributed by atoms with Gasteiger partial charge in [0.05, 0.1) is 17.9 Å². The van der Waals surface area contributed by atoms with Gasteiger partial charge in [0.25, 0.3) is 0 Å². The Balaban J connectivity index is 1.70. The van der Waals surface area contributed by atoms with Crippen molar-refractivity contribution in [3.8, 4) is 17.2 Å². The second-order valence-corrected chi connectivity index (χ2v) is 6.61. The summed E-state index contributed by atoms with van der Waals surface area (Å²) >= 11 is 0. The molecule has 1 aromatic carbocycles. The Kier molecular flexibility index (Phi) is 3.77. The van der Waals surface area contributed by atoms with Crippen LogP contribution >= 0.6 is 0 Å². The van der Waals surface area contributed by atoms with E-state index in [9.17, 15) is 4.79 Å². The molecule has 1 amide bonds. The molecule has 0 spiro atoms. The lowest BCUT2D eigenvalue weighted by Gasteiger charge is -2.11. The number of carbonyl (C=O) groups is 1. The van der Waals surface area contributed by atoms with Crippen molar-refractivity contribution in [2.24, 2.45) is 11.8 Å². The fraction of sp³-hybridized carbons (Fsp3) is 0.200. The lowest BCUT2D eigenvalue weighted by Crippen LogP contribution is -2.15. The average molecular weight is 343 g/mol. The normalized spacial score (nSPS) is 18.3. The number of hydrogen-bond donors (Lipinski definition) is 2. The molecule has 26 heavy (non-hydrogen) atoms. The van der Waals surface area contributed by atoms with Crippen LogP contribution in [0.1, 0.15) is 12.0 Å². The number of pyridine rings is 2. The maximum Gasteiger partial charge on any atom is 0.230 e. The first-order valence-corrected chi connectivity index (χ1v) is 8.37. The number of aromatic nitrogens is 2. The fourth-order valence-electron chi connectivity index (χ4n) is 3.15. The van der Waals surface area contributed by atoms with E-state index >= 15 is 0 Å². The predicted octanol–water partition coefficient (Wildman–Crippen LogP) is 3.29. The molecule has 0 unspecified atom stereocenters. The minimum atomic E-state index is -0.228. The largest absolute Gasteiger partial charge is 0.398 e. The number of carbonyl (C=O) groups excluding carboxylic acids is 1. The van der Waals surface area contributed by atoms with Gasteiger partial charge < -0.3 is 11.1 Å². The van der Waals surface area contributed by atoms with Crippen LogP contribution < -0.4 is 11.1 Å². The van der Waals surface area contributed by atoms with Crippen LogP contribution in [0.15, 0.2) is 42.9 Å². The number of fused-ring (bicyclic) bond motifs is 1. The molecule has 1 aliphatic carbocycles. The Bertz CT molecular complexity index is 1070. The van der Waals surface area contributed by atoms with Gasteiger partial charge in [0.2, 0.25) is 5.91 Å². The summed E-state index contributed by atoms with van der Waals surface area (Å²) < 4.78 is 0. The Labute approximate surface area is 150 Å². The average Bonchev–Trinajstić information content (AvgIpc) is 3.42. The zero-order chi connectivity index (χ0) is 18.3. The minimum Gasteiger partial charge on any atom is -0.398 e. The first-order valence-electron chi connectivity index (χ1n) is 8.37. The van der Waals surface area contributed by atoms with E-state index in [0.717, 1.165) is 27.5 Å². The molecule has 0 aliphatic heterocycles. The molecule has 0 radical (unpaired) electrons. The summed E-state index contributed by atoms with van der Waals surface area (Å²) in [6.07, 6.45) is 5.85. The van der Waals surface area contributed by atoms with Gasteiger partial charge in [-0.15, -0.1) is 0 Å².